The first kappa shape index (κ1) is 12.6. The average Bonchev–Trinajstić information content (AvgIpc) is 1.96. The predicted octanol–water partition coefficient (Wildman–Crippen LogP) is 1.78. The molecule has 74 valence electrons. The molecule has 0 fully saturated rings. The number of hydrogen-bond donors (Lipinski definition) is 0. The summed E-state index contributed by atoms with van der Waals surface area (Å²) in [5.41, 5.74) is 0. The molecule has 1 unspecified atom stereocenters. The molecule has 0 saturated heterocycles. The highest BCUT2D eigenvalue weighted by molar-refractivity contribution is 8.00. The molecule has 0 spiro atoms. The van der Waals surface area contributed by atoms with Gasteiger partial charge in [0.2, 0.25) is 0 Å². The summed E-state index contributed by atoms with van der Waals surface area (Å²) < 4.78 is 21.4. The first-order valence-electron chi connectivity index (χ1n) is 3.81. The van der Waals surface area contributed by atoms with Gasteiger partial charge in [-0.15, -0.1) is 11.6 Å². The van der Waals surface area contributed by atoms with E-state index in [1.807, 2.05) is 6.92 Å². The van der Waals surface area contributed by atoms with E-state index in [1.165, 1.54) is 6.26 Å². The van der Waals surface area contributed by atoms with Gasteiger partial charge in [0.1, 0.15) is 9.84 Å². The Morgan fingerprint density at radius 3 is 2.50 bits per heavy atom. The summed E-state index contributed by atoms with van der Waals surface area (Å²) in [5.74, 6) is 1.79. The second-order valence-electron chi connectivity index (χ2n) is 2.82. The molecule has 5 heteroatoms. The van der Waals surface area contributed by atoms with Crippen molar-refractivity contribution in [2.24, 2.45) is 0 Å². The molecule has 2 nitrogen and oxygen atoms in total. The Labute approximate surface area is 84.0 Å². The van der Waals surface area contributed by atoms with E-state index in [2.05, 4.69) is 0 Å². The van der Waals surface area contributed by atoms with Gasteiger partial charge in [0.25, 0.3) is 0 Å². The van der Waals surface area contributed by atoms with Crippen molar-refractivity contribution in [2.75, 3.05) is 23.6 Å². The van der Waals surface area contributed by atoms with Crippen LogP contribution in [-0.4, -0.2) is 37.3 Å². The van der Waals surface area contributed by atoms with Gasteiger partial charge >= 0.3 is 0 Å². The Kier molecular flexibility index (Phi) is 6.41. The molecule has 0 bridgehead atoms. The van der Waals surface area contributed by atoms with E-state index < -0.39 is 9.84 Å². The van der Waals surface area contributed by atoms with Gasteiger partial charge in [-0.3, -0.25) is 0 Å². The standard InChI is InChI=1S/C7H15ClO2S2/c1-7(6-8)11-4-3-5-12(2,9)10/h7H,3-6H2,1-2H3. The zero-order chi connectivity index (χ0) is 9.61. The zero-order valence-electron chi connectivity index (χ0n) is 7.42. The maximum Gasteiger partial charge on any atom is 0.147 e. The Hall–Kier alpha value is 0.590. The van der Waals surface area contributed by atoms with Crippen LogP contribution >= 0.6 is 23.4 Å². The molecule has 0 N–H and O–H groups in total. The van der Waals surface area contributed by atoms with Crippen LogP contribution < -0.4 is 0 Å². The second-order valence-corrected chi connectivity index (χ2v) is 6.93. The molecular weight excluding hydrogens is 216 g/mol. The van der Waals surface area contributed by atoms with Gasteiger partial charge < -0.3 is 0 Å². The largest absolute Gasteiger partial charge is 0.229 e. The van der Waals surface area contributed by atoms with E-state index in [9.17, 15) is 8.42 Å². The molecule has 0 aromatic heterocycles. The number of alkyl halides is 1. The number of sulfone groups is 1. The van der Waals surface area contributed by atoms with Gasteiger partial charge in [0.15, 0.2) is 0 Å². The van der Waals surface area contributed by atoms with Crippen molar-refractivity contribution in [1.82, 2.24) is 0 Å². The summed E-state index contributed by atoms with van der Waals surface area (Å²) in [6.07, 6.45) is 1.99. The molecule has 0 rings (SSSR count). The minimum absolute atomic E-state index is 0.287. The highest BCUT2D eigenvalue weighted by Crippen LogP contribution is 2.12. The molecule has 0 aromatic carbocycles. The summed E-state index contributed by atoms with van der Waals surface area (Å²) in [4.78, 5) is 0. The smallest absolute Gasteiger partial charge is 0.147 e. The lowest BCUT2D eigenvalue weighted by atomic mass is 10.6. The van der Waals surface area contributed by atoms with E-state index >= 15 is 0 Å². The van der Waals surface area contributed by atoms with Crippen LogP contribution in [0.5, 0.6) is 0 Å². The normalized spacial score (nSPS) is 14.6. The topological polar surface area (TPSA) is 34.1 Å². The molecule has 0 aliphatic rings. The fraction of sp³-hybridized carbons (Fsp3) is 1.00. The number of hydrogen-bond acceptors (Lipinski definition) is 3. The van der Waals surface area contributed by atoms with Crippen molar-refractivity contribution in [3.8, 4) is 0 Å². The minimum Gasteiger partial charge on any atom is -0.229 e. The molecule has 0 aliphatic heterocycles. The minimum atomic E-state index is -2.78. The van der Waals surface area contributed by atoms with Gasteiger partial charge in [-0.05, 0) is 12.2 Å². The van der Waals surface area contributed by atoms with Crippen molar-refractivity contribution in [3.05, 3.63) is 0 Å². The molecule has 0 aliphatic carbocycles. The number of halogens is 1. The molecule has 12 heavy (non-hydrogen) atoms. The Balaban J connectivity index is 3.34. The van der Waals surface area contributed by atoms with E-state index in [-0.39, 0.29) is 5.75 Å². The van der Waals surface area contributed by atoms with Gasteiger partial charge in [-0.2, -0.15) is 11.8 Å². The number of rotatable bonds is 6. The molecule has 0 saturated carbocycles. The van der Waals surface area contributed by atoms with Crippen molar-refractivity contribution in [2.45, 2.75) is 18.6 Å². The van der Waals surface area contributed by atoms with Crippen molar-refractivity contribution in [1.29, 1.82) is 0 Å². The van der Waals surface area contributed by atoms with Crippen molar-refractivity contribution < 1.29 is 8.42 Å². The van der Waals surface area contributed by atoms with Crippen molar-refractivity contribution in [3.63, 3.8) is 0 Å². The van der Waals surface area contributed by atoms with E-state index in [0.29, 0.717) is 11.1 Å². The third kappa shape index (κ3) is 8.68. The van der Waals surface area contributed by atoms with Crippen LogP contribution in [0.25, 0.3) is 0 Å². The van der Waals surface area contributed by atoms with Crippen LogP contribution in [-0.2, 0) is 9.84 Å². The first-order chi connectivity index (χ1) is 5.45. The van der Waals surface area contributed by atoms with Crippen LogP contribution in [0.2, 0.25) is 0 Å². The fourth-order valence-corrected chi connectivity index (χ4v) is 2.57. The van der Waals surface area contributed by atoms with Gasteiger partial charge in [-0.25, -0.2) is 8.42 Å². The van der Waals surface area contributed by atoms with E-state index in [4.69, 9.17) is 11.6 Å². The summed E-state index contributed by atoms with van der Waals surface area (Å²) in [6, 6.07) is 0. The predicted molar refractivity (Wildman–Crippen MR) is 57.0 cm³/mol. The number of thioether (sulfide) groups is 1. The third-order valence-corrected chi connectivity index (χ3v) is 4.22. The molecular formula is C7H15ClO2S2. The van der Waals surface area contributed by atoms with E-state index in [0.717, 1.165) is 12.2 Å². The SMILES string of the molecule is CC(CCl)SCCCS(C)(=O)=O. The van der Waals surface area contributed by atoms with Crippen LogP contribution in [0.3, 0.4) is 0 Å². The Morgan fingerprint density at radius 1 is 1.50 bits per heavy atom. The first-order valence-corrected chi connectivity index (χ1v) is 7.45. The third-order valence-electron chi connectivity index (χ3n) is 1.28. The highest BCUT2D eigenvalue weighted by Gasteiger charge is 2.03. The molecule has 0 aromatic rings. The maximum atomic E-state index is 10.7. The van der Waals surface area contributed by atoms with Crippen LogP contribution in [0.4, 0.5) is 0 Å². The molecule has 0 amide bonds. The summed E-state index contributed by atoms with van der Waals surface area (Å²) in [7, 11) is -2.78. The quantitative estimate of drug-likeness (QED) is 0.515. The van der Waals surface area contributed by atoms with Gasteiger partial charge in [-0.1, -0.05) is 6.92 Å². The second kappa shape index (κ2) is 6.11. The Bertz CT molecular complexity index is 201. The maximum absolute atomic E-state index is 10.7. The van der Waals surface area contributed by atoms with Crippen LogP contribution in [0, 0.1) is 0 Å². The lowest BCUT2D eigenvalue weighted by Crippen LogP contribution is -2.05. The Morgan fingerprint density at radius 2 is 2.08 bits per heavy atom. The molecule has 0 heterocycles. The van der Waals surface area contributed by atoms with Crippen molar-refractivity contribution >= 4 is 33.2 Å². The average molecular weight is 231 g/mol. The highest BCUT2D eigenvalue weighted by atomic mass is 35.5. The molecule has 1 atom stereocenters. The summed E-state index contributed by atoms with van der Waals surface area (Å²) >= 11 is 7.30. The van der Waals surface area contributed by atoms with Crippen LogP contribution in [0.15, 0.2) is 0 Å². The van der Waals surface area contributed by atoms with Crippen LogP contribution in [0.1, 0.15) is 13.3 Å². The van der Waals surface area contributed by atoms with Gasteiger partial charge in [0.05, 0.1) is 5.75 Å². The lowest BCUT2D eigenvalue weighted by Gasteiger charge is -2.05. The fourth-order valence-electron chi connectivity index (χ4n) is 0.650. The molecule has 0 radical (unpaired) electrons. The zero-order valence-corrected chi connectivity index (χ0v) is 9.81. The summed E-state index contributed by atoms with van der Waals surface area (Å²) in [6.45, 7) is 2.04. The summed E-state index contributed by atoms with van der Waals surface area (Å²) in [5, 5.41) is 0.422. The van der Waals surface area contributed by atoms with Gasteiger partial charge in [0, 0.05) is 17.4 Å². The monoisotopic (exact) mass is 230 g/mol. The lowest BCUT2D eigenvalue weighted by molar-refractivity contribution is 0.600. The van der Waals surface area contributed by atoms with E-state index in [1.54, 1.807) is 11.8 Å².